The van der Waals surface area contributed by atoms with E-state index in [4.69, 9.17) is 26.8 Å². The summed E-state index contributed by atoms with van der Waals surface area (Å²) in [5, 5.41) is 2.56. The summed E-state index contributed by atoms with van der Waals surface area (Å²) in [5.41, 5.74) is 17.0. The highest BCUT2D eigenvalue weighted by Gasteiger charge is 2.47. The molecule has 8 aromatic heterocycles. The van der Waals surface area contributed by atoms with Crippen LogP contribution in [0.25, 0.3) is 31.9 Å². The second kappa shape index (κ2) is 29.0. The fourth-order valence-electron chi connectivity index (χ4n) is 15.2. The molecule has 0 bridgehead atoms. The van der Waals surface area contributed by atoms with Crippen molar-refractivity contribution in [3.05, 3.63) is 260 Å². The minimum Gasteiger partial charge on any atom is -0.399 e. The van der Waals surface area contributed by atoms with E-state index in [1.807, 2.05) is 86.9 Å². The number of imidazole rings is 2. The van der Waals surface area contributed by atoms with Crippen LogP contribution in [0.3, 0.4) is 0 Å². The van der Waals surface area contributed by atoms with Gasteiger partial charge in [0, 0.05) is 145 Å². The lowest BCUT2D eigenvalue weighted by molar-refractivity contribution is -0.000649. The van der Waals surface area contributed by atoms with Gasteiger partial charge < -0.3 is 40.1 Å². The van der Waals surface area contributed by atoms with Crippen molar-refractivity contribution < 1.29 is 47.0 Å². The van der Waals surface area contributed by atoms with Crippen molar-refractivity contribution in [2.24, 2.45) is 10.8 Å². The molecule has 107 heavy (non-hydrogen) atoms. The fourth-order valence-corrected chi connectivity index (χ4v) is 17.7. The van der Waals surface area contributed by atoms with E-state index in [9.17, 15) is 37.5 Å². The Morgan fingerprint density at radius 1 is 0.523 bits per heavy atom. The summed E-state index contributed by atoms with van der Waals surface area (Å²) in [6.45, 7) is 11.3. The number of hydrogen-bond acceptors (Lipinski definition) is 17. The number of carbonyl (C=O) groups excluding carboxylic acids is 6. The smallest absolute Gasteiger partial charge is 0.259 e. The van der Waals surface area contributed by atoms with Crippen molar-refractivity contribution in [2.75, 3.05) is 96.3 Å². The zero-order chi connectivity index (χ0) is 73.8. The predicted octanol–water partition coefficient (Wildman–Crippen LogP) is 14.8. The number of carbonyl (C=O) groups is 6. The molecule has 4 saturated heterocycles. The third-order valence-electron chi connectivity index (χ3n) is 20.9. The summed E-state index contributed by atoms with van der Waals surface area (Å²) in [5.74, 6) is -0.00602. The Kier molecular flexibility index (Phi) is 19.0. The molecule has 4 aromatic carbocycles. The summed E-state index contributed by atoms with van der Waals surface area (Å²) in [7, 11) is 0. The van der Waals surface area contributed by atoms with Gasteiger partial charge in [-0.2, -0.15) is 0 Å². The maximum atomic E-state index is 14.8. The van der Waals surface area contributed by atoms with E-state index in [1.165, 1.54) is 46.9 Å². The predicted molar refractivity (Wildman–Crippen MR) is 410 cm³/mol. The number of halogens is 3. The second-order valence-corrected chi connectivity index (χ2v) is 30.6. The first-order valence-electron chi connectivity index (χ1n) is 35.3. The van der Waals surface area contributed by atoms with Crippen molar-refractivity contribution in [3.63, 3.8) is 0 Å². The first-order valence-corrected chi connectivity index (χ1v) is 37.3. The Labute approximate surface area is 627 Å². The van der Waals surface area contributed by atoms with Gasteiger partial charge in [0.2, 0.25) is 11.6 Å². The van der Waals surface area contributed by atoms with E-state index in [2.05, 4.69) is 35.1 Å². The zero-order valence-electron chi connectivity index (χ0n) is 58.4. The maximum absolute atomic E-state index is 14.8. The number of fused-ring (bicyclic) bond motifs is 8. The number of hydrogen-bond donors (Lipinski definition) is 2. The quantitative estimate of drug-likeness (QED) is 0.0696. The molecule has 0 atom stereocenters. The summed E-state index contributed by atoms with van der Waals surface area (Å²) in [6.07, 6.45) is 15.8. The van der Waals surface area contributed by atoms with Crippen LogP contribution in [0.15, 0.2) is 183 Å². The molecule has 18 rings (SSSR count). The zero-order valence-corrected chi connectivity index (χ0v) is 60.8. The second-order valence-electron chi connectivity index (χ2n) is 28.1. The van der Waals surface area contributed by atoms with E-state index < -0.39 is 16.9 Å². The van der Waals surface area contributed by atoms with Crippen LogP contribution in [0.2, 0.25) is 0 Å². The van der Waals surface area contributed by atoms with Crippen LogP contribution in [-0.4, -0.2) is 129 Å². The third-order valence-corrected chi connectivity index (χ3v) is 23.5. The number of nitrogens with one attached hydrogen (secondary N) is 1. The number of benzene rings is 4. The minimum atomic E-state index is -0.467. The maximum Gasteiger partial charge on any atom is 0.259 e. The molecule has 6 aliphatic heterocycles. The third kappa shape index (κ3) is 13.9. The van der Waals surface area contributed by atoms with Crippen molar-refractivity contribution in [3.8, 4) is 20.9 Å². The molecule has 2 spiro atoms. The standard InChI is InChI=1S/C41H35FN6O4S.C27H19FN4O2S.C14H17ClN2O2/c1-25-18-32(37(43-21-25)46-23-41(24-46)12-16-52-17-13-41)39(50)45-29-8-5-26(6-9-29)40(51)48-15-11-27-19-34(53-36(27)31-10-7-28(42)20-33(31)48)35(49)38-44-22-30-4-2-3-14-47(30)38;28-18-6-9-21-22(14-18)32(27(34)16-4-7-19(29)8-5-16)12-10-17-13-23(35-25(17)21)24(33)26-30-15-20-3-1-2-11-31(20)26;1-10-6-11(12(15)18)13(16-7-10)17-8-14(9-17)2-4-19-5-3-14/h2-10,14,18-22H,11-13,15-17,23-24H2,1H3,(H,45,50);1-9,11,13-15H,10,12,29H2;6-7H,2-5,8-9H2,1H3. The van der Waals surface area contributed by atoms with Crippen molar-refractivity contribution in [2.45, 2.75) is 52.4 Å². The SMILES string of the molecule is Cc1cnc(N2CC3(CCOCC3)C2)c(C(=O)Cl)c1.Cc1cnc(N2CC3(CCOCC3)C2)c(C(=O)Nc2ccc(C(=O)N3CCc4cc(C(=O)c5ncc6ccccn56)sc4-c4ccc(F)cc43)cc2)c1.Nc1ccc(C(=O)N2CCc3cc(C(=O)c4ncc5ccccn45)sc3-c3ccc(F)cc32)cc1. The molecule has 12 aromatic rings. The number of thiophene rings is 2. The molecular weight excluding hydrogens is 1420 g/mol. The number of rotatable bonds is 11. The molecule has 3 amide bonds. The van der Waals surface area contributed by atoms with Gasteiger partial charge in [0.15, 0.2) is 11.6 Å². The number of nitrogens with two attached hydrogens (primary N) is 1. The van der Waals surface area contributed by atoms with E-state index in [1.54, 1.807) is 104 Å². The Hall–Kier alpha value is -11.2. The summed E-state index contributed by atoms with van der Waals surface area (Å²) >= 11 is 8.33. The monoisotopic (exact) mass is 1490 g/mol. The minimum absolute atomic E-state index is 0.173. The summed E-state index contributed by atoms with van der Waals surface area (Å²) in [4.78, 5) is 108. The number of pyridine rings is 4. The lowest BCUT2D eigenvalue weighted by atomic mass is 9.73. The van der Waals surface area contributed by atoms with Crippen LogP contribution in [-0.2, 0) is 22.3 Å². The van der Waals surface area contributed by atoms with Crippen LogP contribution in [0.5, 0.6) is 0 Å². The number of aryl methyl sites for hydroxylation is 2. The molecule has 0 aliphatic carbocycles. The average Bonchev–Trinajstić information content (AvgIpc) is 1.24. The molecule has 25 heteroatoms. The van der Waals surface area contributed by atoms with Crippen molar-refractivity contribution in [1.29, 1.82) is 0 Å². The van der Waals surface area contributed by atoms with Crippen LogP contribution >= 0.6 is 34.3 Å². The number of aromatic nitrogens is 6. The van der Waals surface area contributed by atoms with Crippen LogP contribution < -0.4 is 30.7 Å². The number of amides is 3. The molecule has 3 N–H and O–H groups in total. The lowest BCUT2D eigenvalue weighted by Crippen LogP contribution is -2.59. The molecule has 6 aliphatic rings. The van der Waals surface area contributed by atoms with Crippen LogP contribution in [0.1, 0.15) is 120 Å². The van der Waals surface area contributed by atoms with Gasteiger partial charge in [-0.25, -0.2) is 28.7 Å². The Balaban J connectivity index is 0.000000138. The van der Waals surface area contributed by atoms with E-state index in [-0.39, 0.29) is 41.2 Å². The first-order chi connectivity index (χ1) is 51.8. The molecule has 4 fully saturated rings. The number of ether oxygens (including phenoxy) is 2. The highest BCUT2D eigenvalue weighted by Crippen LogP contribution is 2.47. The summed E-state index contributed by atoms with van der Waals surface area (Å²) in [6, 6.07) is 41.0. The van der Waals surface area contributed by atoms with E-state index in [0.717, 1.165) is 133 Å². The van der Waals surface area contributed by atoms with Gasteiger partial charge in [-0.15, -0.1) is 22.7 Å². The normalized spacial score (nSPS) is 15.9. The molecule has 0 saturated carbocycles. The molecule has 0 radical (unpaired) electrons. The Bertz CT molecular complexity index is 5520. The molecule has 0 unspecified atom stereocenters. The van der Waals surface area contributed by atoms with Crippen molar-refractivity contribution in [1.82, 2.24) is 28.7 Å². The van der Waals surface area contributed by atoms with Gasteiger partial charge in [0.25, 0.3) is 23.0 Å². The number of ketones is 2. The van der Waals surface area contributed by atoms with Crippen LogP contribution in [0.4, 0.5) is 43.2 Å². The molecule has 20 nitrogen and oxygen atoms in total. The van der Waals surface area contributed by atoms with E-state index in [0.29, 0.717) is 103 Å². The molecule has 540 valence electrons. The molecule has 14 heterocycles. The van der Waals surface area contributed by atoms with E-state index >= 15 is 0 Å². The highest BCUT2D eigenvalue weighted by molar-refractivity contribution is 7.18. The number of nitrogen functional groups attached to an aromatic ring is 1. The van der Waals surface area contributed by atoms with Gasteiger partial charge in [0.05, 0.1) is 55.7 Å². The molecular formula is C82H71ClF2N12O8S2. The highest BCUT2D eigenvalue weighted by atomic mass is 35.5. The van der Waals surface area contributed by atoms with Gasteiger partial charge >= 0.3 is 0 Å². The number of nitrogens with zero attached hydrogens (tertiary/aromatic N) is 10. The Morgan fingerprint density at radius 3 is 1.42 bits per heavy atom. The average molecular weight is 1490 g/mol. The largest absolute Gasteiger partial charge is 0.399 e. The van der Waals surface area contributed by atoms with Gasteiger partial charge in [0.1, 0.15) is 23.3 Å². The summed E-state index contributed by atoms with van der Waals surface area (Å²) < 4.78 is 43.6. The van der Waals surface area contributed by atoms with Crippen molar-refractivity contribution >= 4 is 114 Å². The van der Waals surface area contributed by atoms with Gasteiger partial charge in [-0.05, 0) is 220 Å². The Morgan fingerprint density at radius 2 is 0.963 bits per heavy atom. The number of anilines is 6. The van der Waals surface area contributed by atoms with Crippen LogP contribution in [0, 0.1) is 36.3 Å². The fraction of sp³-hybridized carbons (Fsp3) is 0.244. The van der Waals surface area contributed by atoms with Gasteiger partial charge in [-0.3, -0.25) is 37.6 Å². The lowest BCUT2D eigenvalue weighted by Gasteiger charge is -2.53. The first kappa shape index (κ1) is 70.2. The van der Waals surface area contributed by atoms with Gasteiger partial charge in [-0.1, -0.05) is 12.1 Å². The topological polar surface area (TPSA) is 232 Å².